The van der Waals surface area contributed by atoms with Crippen molar-refractivity contribution in [2.24, 2.45) is 4.40 Å². The molecule has 2 aliphatic heterocycles. The third kappa shape index (κ3) is 4.00. The molecule has 0 atom stereocenters. The Kier molecular flexibility index (Phi) is 6.08. The van der Waals surface area contributed by atoms with Crippen molar-refractivity contribution < 1.29 is 13.2 Å². The summed E-state index contributed by atoms with van der Waals surface area (Å²) in [5, 5.41) is 1.04. The summed E-state index contributed by atoms with van der Waals surface area (Å²) in [6.45, 7) is 0. The van der Waals surface area contributed by atoms with E-state index < -0.39 is 10.0 Å². The second-order valence-corrected chi connectivity index (χ2v) is 13.3. The van der Waals surface area contributed by atoms with Gasteiger partial charge in [0, 0.05) is 18.0 Å². The van der Waals surface area contributed by atoms with E-state index in [9.17, 15) is 13.2 Å². The summed E-state index contributed by atoms with van der Waals surface area (Å²) in [4.78, 5) is 18.9. The summed E-state index contributed by atoms with van der Waals surface area (Å²) in [5.74, 6) is -0.165. The number of carbonyl (C=O) groups excluding carboxylic acids is 1. The molecule has 168 valence electrons. The maximum absolute atomic E-state index is 13.6. The van der Waals surface area contributed by atoms with Gasteiger partial charge in [0.15, 0.2) is 5.17 Å². The van der Waals surface area contributed by atoms with Gasteiger partial charge in [-0.1, -0.05) is 54.8 Å². The van der Waals surface area contributed by atoms with Gasteiger partial charge in [-0.3, -0.25) is 9.69 Å². The first-order valence-electron chi connectivity index (χ1n) is 10.2. The van der Waals surface area contributed by atoms with Crippen LogP contribution in [0.25, 0.3) is 0 Å². The molecule has 0 N–H and O–H groups in total. The molecule has 3 heterocycles. The highest BCUT2D eigenvalue weighted by atomic mass is 35.5. The molecule has 32 heavy (non-hydrogen) atoms. The number of amidine groups is 1. The first-order valence-corrected chi connectivity index (χ1v) is 14.5. The molecule has 0 bridgehead atoms. The van der Waals surface area contributed by atoms with Gasteiger partial charge in [-0.15, -0.1) is 15.7 Å². The van der Waals surface area contributed by atoms with E-state index in [1.54, 1.807) is 11.0 Å². The fourth-order valence-corrected chi connectivity index (χ4v) is 9.16. The molecule has 11 heteroatoms. The second-order valence-electron chi connectivity index (χ2n) is 7.74. The first-order chi connectivity index (χ1) is 15.3. The lowest BCUT2D eigenvalue weighted by Crippen LogP contribution is -2.41. The van der Waals surface area contributed by atoms with E-state index in [0.29, 0.717) is 9.24 Å². The summed E-state index contributed by atoms with van der Waals surface area (Å²) in [5.41, 5.74) is 1.03. The van der Waals surface area contributed by atoms with Crippen LogP contribution in [0.5, 0.6) is 0 Å². The molecule has 1 aromatic heterocycles. The molecule has 1 saturated carbocycles. The van der Waals surface area contributed by atoms with Gasteiger partial charge in [-0.05, 0) is 48.9 Å². The number of hydrogen-bond donors (Lipinski definition) is 0. The lowest BCUT2D eigenvalue weighted by atomic mass is 9.94. The molecule has 3 aliphatic rings. The highest BCUT2D eigenvalue weighted by Crippen LogP contribution is 2.50. The van der Waals surface area contributed by atoms with Crippen LogP contribution in [0.1, 0.15) is 32.1 Å². The Bertz CT molecular complexity index is 1250. The van der Waals surface area contributed by atoms with Crippen LogP contribution in [0.3, 0.4) is 0 Å². The Labute approximate surface area is 204 Å². The fourth-order valence-electron chi connectivity index (χ4n) is 4.12. The van der Waals surface area contributed by atoms with E-state index >= 15 is 0 Å². The average molecular weight is 526 g/mol. The summed E-state index contributed by atoms with van der Waals surface area (Å²) >= 11 is 9.60. The van der Waals surface area contributed by atoms with Crippen molar-refractivity contribution in [2.45, 2.75) is 47.3 Å². The molecular weight excluding hydrogens is 506 g/mol. The van der Waals surface area contributed by atoms with Gasteiger partial charge in [-0.2, -0.15) is 8.42 Å². The van der Waals surface area contributed by atoms with E-state index in [1.165, 1.54) is 17.8 Å². The first kappa shape index (κ1) is 22.3. The number of benzene rings is 1. The molecule has 2 fully saturated rings. The largest absolute Gasteiger partial charge is 0.337 e. The Morgan fingerprint density at radius 1 is 1.06 bits per heavy atom. The highest BCUT2D eigenvalue weighted by Gasteiger charge is 2.43. The van der Waals surface area contributed by atoms with Crippen LogP contribution >= 0.6 is 46.5 Å². The lowest BCUT2D eigenvalue weighted by Gasteiger charge is -2.30. The Morgan fingerprint density at radius 2 is 1.81 bits per heavy atom. The summed E-state index contributed by atoms with van der Waals surface area (Å²) in [7, 11) is -2.04. The smallest absolute Gasteiger partial charge is 0.294 e. The number of hydrogen-bond acceptors (Lipinski definition) is 7. The number of rotatable bonds is 3. The molecule has 0 spiro atoms. The number of nitrogens with zero attached hydrogens (tertiary/aromatic N) is 3. The highest BCUT2D eigenvalue weighted by molar-refractivity contribution is 8.20. The SMILES string of the molecule is CN1/C(=C2\S/C(=N/S(=O)(=O)c3ccc(Cl)s3)N(C3CCCCC3)C2=O)Sc2ccccc21. The summed E-state index contributed by atoms with van der Waals surface area (Å²) in [6, 6.07) is 10.9. The van der Waals surface area contributed by atoms with Crippen LogP contribution in [0, 0.1) is 0 Å². The molecule has 5 rings (SSSR count). The van der Waals surface area contributed by atoms with Crippen LogP contribution in [-0.4, -0.2) is 37.5 Å². The third-order valence-electron chi connectivity index (χ3n) is 5.69. The number of amides is 1. The van der Waals surface area contributed by atoms with Crippen molar-refractivity contribution in [3.05, 3.63) is 50.7 Å². The number of anilines is 1. The van der Waals surface area contributed by atoms with E-state index in [0.717, 1.165) is 70.8 Å². The minimum atomic E-state index is -3.97. The van der Waals surface area contributed by atoms with Gasteiger partial charge < -0.3 is 4.90 Å². The normalized spacial score (nSPS) is 23.4. The predicted octanol–water partition coefficient (Wildman–Crippen LogP) is 5.77. The maximum atomic E-state index is 13.6. The monoisotopic (exact) mass is 525 g/mol. The van der Waals surface area contributed by atoms with Crippen LogP contribution in [0.15, 0.2) is 59.8 Å². The topological polar surface area (TPSA) is 70.1 Å². The minimum Gasteiger partial charge on any atom is -0.337 e. The van der Waals surface area contributed by atoms with Crippen molar-refractivity contribution in [1.82, 2.24) is 4.90 Å². The van der Waals surface area contributed by atoms with E-state index in [4.69, 9.17) is 11.6 Å². The zero-order valence-corrected chi connectivity index (χ0v) is 21.2. The van der Waals surface area contributed by atoms with Crippen LogP contribution in [0.4, 0.5) is 5.69 Å². The van der Waals surface area contributed by atoms with Crippen molar-refractivity contribution in [3.63, 3.8) is 0 Å². The van der Waals surface area contributed by atoms with Crippen LogP contribution < -0.4 is 4.90 Å². The Balaban J connectivity index is 1.57. The molecule has 1 amide bonds. The van der Waals surface area contributed by atoms with Crippen molar-refractivity contribution in [3.8, 4) is 0 Å². The quantitative estimate of drug-likeness (QED) is 0.474. The third-order valence-corrected chi connectivity index (χ3v) is 11.2. The average Bonchev–Trinajstić information content (AvgIpc) is 3.45. The zero-order chi connectivity index (χ0) is 22.5. The lowest BCUT2D eigenvalue weighted by molar-refractivity contribution is -0.124. The van der Waals surface area contributed by atoms with Gasteiger partial charge in [-0.25, -0.2) is 0 Å². The van der Waals surface area contributed by atoms with Crippen LogP contribution in [-0.2, 0) is 14.8 Å². The molecule has 2 aromatic rings. The number of thiophene rings is 1. The number of sulfonamides is 1. The Morgan fingerprint density at radius 3 is 2.50 bits per heavy atom. The second kappa shape index (κ2) is 8.72. The van der Waals surface area contributed by atoms with Crippen molar-refractivity contribution in [2.75, 3.05) is 11.9 Å². The fraction of sp³-hybridized carbons (Fsp3) is 0.333. The zero-order valence-electron chi connectivity index (χ0n) is 17.2. The number of para-hydroxylation sites is 1. The van der Waals surface area contributed by atoms with Crippen molar-refractivity contribution in [1.29, 1.82) is 0 Å². The molecule has 0 radical (unpaired) electrons. The van der Waals surface area contributed by atoms with Gasteiger partial charge in [0.1, 0.15) is 9.11 Å². The molecular formula is C21H20ClN3O3S4. The number of halogens is 1. The van der Waals surface area contributed by atoms with Crippen molar-refractivity contribution >= 4 is 73.2 Å². The molecule has 6 nitrogen and oxygen atoms in total. The van der Waals surface area contributed by atoms with Gasteiger partial charge in [0.05, 0.1) is 15.1 Å². The molecule has 1 saturated heterocycles. The summed E-state index contributed by atoms with van der Waals surface area (Å²) in [6.07, 6.45) is 4.87. The maximum Gasteiger partial charge on any atom is 0.294 e. The van der Waals surface area contributed by atoms with E-state index in [-0.39, 0.29) is 21.3 Å². The molecule has 0 unspecified atom stereocenters. The Hall–Kier alpha value is -1.46. The van der Waals surface area contributed by atoms with Gasteiger partial charge in [0.25, 0.3) is 15.9 Å². The standard InChI is InChI=1S/C21H20ClN3O3S4/c1-24-14-9-5-6-10-15(14)29-20(24)18-19(26)25(13-7-3-2-4-8-13)21(31-18)23-32(27,28)17-12-11-16(22)30-17/h5-6,9-13H,2-4,7-8H2,1H3/b20-18+,23-21+. The summed E-state index contributed by atoms with van der Waals surface area (Å²) < 4.78 is 30.6. The number of carbonyl (C=O) groups is 1. The number of thioether (sulfide) groups is 2. The molecule has 1 aliphatic carbocycles. The van der Waals surface area contributed by atoms with Gasteiger partial charge in [0.2, 0.25) is 0 Å². The molecule has 1 aromatic carbocycles. The number of fused-ring (bicyclic) bond motifs is 1. The van der Waals surface area contributed by atoms with E-state index in [2.05, 4.69) is 4.40 Å². The van der Waals surface area contributed by atoms with Gasteiger partial charge >= 0.3 is 0 Å². The van der Waals surface area contributed by atoms with Crippen LogP contribution in [0.2, 0.25) is 4.34 Å². The predicted molar refractivity (Wildman–Crippen MR) is 133 cm³/mol. The minimum absolute atomic E-state index is 0.0400. The van der Waals surface area contributed by atoms with E-state index in [1.807, 2.05) is 36.2 Å².